The number of amides is 2. The zero-order valence-electron chi connectivity index (χ0n) is 28.0. The monoisotopic (exact) mass is 710 g/mol. The highest BCUT2D eigenvalue weighted by Crippen LogP contribution is 2.44. The quantitative estimate of drug-likeness (QED) is 0.217. The summed E-state index contributed by atoms with van der Waals surface area (Å²) in [7, 11) is 0. The zero-order valence-corrected chi connectivity index (χ0v) is 28.0. The van der Waals surface area contributed by atoms with Crippen LogP contribution in [0.5, 0.6) is 0 Å². The summed E-state index contributed by atoms with van der Waals surface area (Å²) in [6, 6.07) is 18.5. The van der Waals surface area contributed by atoms with Gasteiger partial charge in [0.2, 0.25) is 0 Å². The molecule has 0 radical (unpaired) electrons. The predicted octanol–water partition coefficient (Wildman–Crippen LogP) is 8.39. The lowest BCUT2D eigenvalue weighted by atomic mass is 9.75. The third-order valence-corrected chi connectivity index (χ3v) is 8.45. The van der Waals surface area contributed by atoms with Crippen LogP contribution in [-0.2, 0) is 38.7 Å². The molecule has 1 aliphatic heterocycles. The van der Waals surface area contributed by atoms with Crippen LogP contribution in [0.1, 0.15) is 74.5 Å². The number of alkyl halides is 6. The summed E-state index contributed by atoms with van der Waals surface area (Å²) < 4.78 is 99.2. The number of carbonyl (C=O) groups is 2. The molecular formula is C36H40F6N2O6. The average molecular weight is 711 g/mol. The molecule has 0 saturated carbocycles. The van der Waals surface area contributed by atoms with Gasteiger partial charge >= 0.3 is 24.5 Å². The fourth-order valence-corrected chi connectivity index (χ4v) is 5.80. The summed E-state index contributed by atoms with van der Waals surface area (Å²) >= 11 is 0. The van der Waals surface area contributed by atoms with Crippen molar-refractivity contribution in [2.45, 2.75) is 82.3 Å². The molecule has 2 N–H and O–H groups in total. The number of piperidine rings is 1. The molecule has 0 aromatic heterocycles. The van der Waals surface area contributed by atoms with Crippen molar-refractivity contribution < 1.29 is 55.2 Å². The van der Waals surface area contributed by atoms with E-state index in [2.05, 4.69) is 5.32 Å². The molecule has 50 heavy (non-hydrogen) atoms. The molecule has 2 amide bonds. The minimum atomic E-state index is -5.06. The molecule has 1 heterocycles. The van der Waals surface area contributed by atoms with Crippen LogP contribution < -0.4 is 5.32 Å². The molecule has 0 bridgehead atoms. The van der Waals surface area contributed by atoms with Gasteiger partial charge in [-0.15, -0.1) is 0 Å². The summed E-state index contributed by atoms with van der Waals surface area (Å²) in [5.41, 5.74) is -5.86. The number of ether oxygens (including phenoxy) is 3. The number of nitrogens with one attached hydrogen (secondary N) is 1. The fraction of sp³-hybridized carbons (Fsp3) is 0.444. The van der Waals surface area contributed by atoms with Crippen LogP contribution in [0.25, 0.3) is 0 Å². The standard InChI is InChI=1S/C36H40F6N2O6/c1-24(26-17-28(35(37,38)39)19-29(18-26)36(40,41)42)49-23-34(27-13-9-6-10-14-27)16-15-33(22-45,43-30(46)50-32(2,3)4)21-44(34)31(47)48-20-25-11-7-5-8-12-25/h5-14,17-19,24,45H,15-16,20-23H2,1-4H3,(H,43,46)/t24-,33+,34-/m1/s1. The zero-order chi connectivity index (χ0) is 37.0. The highest BCUT2D eigenvalue weighted by Gasteiger charge is 2.53. The van der Waals surface area contributed by atoms with Crippen LogP contribution in [0.4, 0.5) is 35.9 Å². The van der Waals surface area contributed by atoms with Crippen LogP contribution in [0.3, 0.4) is 0 Å². The summed E-state index contributed by atoms with van der Waals surface area (Å²) in [5, 5.41) is 13.3. The average Bonchev–Trinajstić information content (AvgIpc) is 3.05. The van der Waals surface area contributed by atoms with Crippen molar-refractivity contribution in [2.75, 3.05) is 19.8 Å². The van der Waals surface area contributed by atoms with Gasteiger partial charge in [-0.2, -0.15) is 26.3 Å². The predicted molar refractivity (Wildman–Crippen MR) is 171 cm³/mol. The molecule has 1 saturated heterocycles. The molecule has 0 spiro atoms. The van der Waals surface area contributed by atoms with Gasteiger partial charge in [-0.25, -0.2) is 9.59 Å². The smallest absolute Gasteiger partial charge is 0.416 e. The normalized spacial score (nSPS) is 20.6. The van der Waals surface area contributed by atoms with E-state index in [9.17, 15) is 41.0 Å². The number of aliphatic hydroxyl groups excluding tert-OH is 1. The molecule has 14 heteroatoms. The molecular weight excluding hydrogens is 670 g/mol. The van der Waals surface area contributed by atoms with Gasteiger partial charge in [0.1, 0.15) is 12.2 Å². The molecule has 3 aromatic carbocycles. The van der Waals surface area contributed by atoms with Gasteiger partial charge in [0.25, 0.3) is 0 Å². The SMILES string of the molecule is C[C@@H](OC[C@@]1(c2ccccc2)CC[C@](CO)(NC(=O)OC(C)(C)C)CN1C(=O)OCc1ccccc1)c1cc(C(F)(F)F)cc(C(F)(F)F)c1. The van der Waals surface area contributed by atoms with Crippen LogP contribution in [0, 0.1) is 0 Å². The van der Waals surface area contributed by atoms with Gasteiger partial charge in [-0.1, -0.05) is 60.7 Å². The van der Waals surface area contributed by atoms with E-state index in [0.717, 1.165) is 0 Å². The van der Waals surface area contributed by atoms with Crippen LogP contribution in [0.2, 0.25) is 0 Å². The molecule has 1 fully saturated rings. The molecule has 4 rings (SSSR count). The number of benzene rings is 3. The topological polar surface area (TPSA) is 97.3 Å². The first-order valence-corrected chi connectivity index (χ1v) is 15.8. The lowest BCUT2D eigenvalue weighted by Gasteiger charge is -2.53. The van der Waals surface area contributed by atoms with Crippen molar-refractivity contribution in [3.8, 4) is 0 Å². The van der Waals surface area contributed by atoms with E-state index in [1.807, 2.05) is 0 Å². The van der Waals surface area contributed by atoms with Crippen molar-refractivity contribution in [1.29, 1.82) is 0 Å². The maximum atomic E-state index is 14.1. The summed E-state index contributed by atoms with van der Waals surface area (Å²) in [6.45, 7) is 4.83. The maximum absolute atomic E-state index is 14.1. The van der Waals surface area contributed by atoms with E-state index in [1.54, 1.807) is 81.4 Å². The second-order valence-corrected chi connectivity index (χ2v) is 13.4. The number of hydrogen-bond donors (Lipinski definition) is 2. The minimum Gasteiger partial charge on any atom is -0.445 e. The van der Waals surface area contributed by atoms with E-state index in [4.69, 9.17) is 14.2 Å². The molecule has 3 aromatic rings. The highest BCUT2D eigenvalue weighted by atomic mass is 19.4. The lowest BCUT2D eigenvalue weighted by molar-refractivity contribution is -0.143. The second-order valence-electron chi connectivity index (χ2n) is 13.4. The Bertz CT molecular complexity index is 1580. The van der Waals surface area contributed by atoms with Crippen LogP contribution >= 0.6 is 0 Å². The molecule has 0 unspecified atom stereocenters. The molecule has 272 valence electrons. The van der Waals surface area contributed by atoms with Crippen molar-refractivity contribution in [1.82, 2.24) is 10.2 Å². The van der Waals surface area contributed by atoms with Gasteiger partial charge < -0.3 is 24.6 Å². The van der Waals surface area contributed by atoms with E-state index < -0.39 is 71.7 Å². The second kappa shape index (κ2) is 14.9. The Hall–Kier alpha value is -4.30. The third kappa shape index (κ3) is 9.48. The van der Waals surface area contributed by atoms with Crippen molar-refractivity contribution in [2.24, 2.45) is 0 Å². The van der Waals surface area contributed by atoms with Gasteiger partial charge in [0.05, 0.1) is 48.1 Å². The number of halogens is 6. The van der Waals surface area contributed by atoms with Gasteiger partial charge in [0, 0.05) is 0 Å². The number of rotatable bonds is 9. The number of aliphatic hydroxyl groups is 1. The number of hydrogen-bond acceptors (Lipinski definition) is 6. The first-order valence-electron chi connectivity index (χ1n) is 15.8. The Labute approximate surface area is 286 Å². The first kappa shape index (κ1) is 38.5. The molecule has 0 aliphatic carbocycles. The first-order chi connectivity index (χ1) is 23.3. The maximum Gasteiger partial charge on any atom is 0.416 e. The largest absolute Gasteiger partial charge is 0.445 e. The Kier molecular flexibility index (Phi) is 11.5. The van der Waals surface area contributed by atoms with E-state index in [0.29, 0.717) is 23.3 Å². The molecule has 8 nitrogen and oxygen atoms in total. The minimum absolute atomic E-state index is 0.0247. The molecule has 3 atom stereocenters. The van der Waals surface area contributed by atoms with E-state index in [-0.39, 0.29) is 37.6 Å². The highest BCUT2D eigenvalue weighted by molar-refractivity contribution is 5.72. The van der Waals surface area contributed by atoms with Crippen LogP contribution in [0.15, 0.2) is 78.9 Å². The fourth-order valence-electron chi connectivity index (χ4n) is 5.80. The van der Waals surface area contributed by atoms with Crippen molar-refractivity contribution in [3.63, 3.8) is 0 Å². The third-order valence-electron chi connectivity index (χ3n) is 8.45. The van der Waals surface area contributed by atoms with E-state index in [1.165, 1.54) is 11.8 Å². The van der Waals surface area contributed by atoms with Crippen LogP contribution in [-0.4, -0.2) is 53.1 Å². The number of alkyl carbamates (subject to hydrolysis) is 1. The lowest BCUT2D eigenvalue weighted by Crippen LogP contribution is -2.68. The Morgan fingerprint density at radius 2 is 1.44 bits per heavy atom. The van der Waals surface area contributed by atoms with E-state index >= 15 is 0 Å². The Morgan fingerprint density at radius 1 is 0.880 bits per heavy atom. The molecule has 1 aliphatic rings. The van der Waals surface area contributed by atoms with Gasteiger partial charge in [-0.3, -0.25) is 4.90 Å². The Morgan fingerprint density at radius 3 is 1.96 bits per heavy atom. The Balaban J connectivity index is 1.75. The summed E-state index contributed by atoms with van der Waals surface area (Å²) in [5.74, 6) is 0. The van der Waals surface area contributed by atoms with Crippen molar-refractivity contribution in [3.05, 3.63) is 107 Å². The summed E-state index contributed by atoms with van der Waals surface area (Å²) in [6.07, 6.45) is -13.0. The van der Waals surface area contributed by atoms with Gasteiger partial charge in [-0.05, 0) is 75.4 Å². The number of carbonyl (C=O) groups excluding carboxylic acids is 2. The summed E-state index contributed by atoms with van der Waals surface area (Å²) in [4.78, 5) is 28.3. The number of likely N-dealkylation sites (tertiary alicyclic amines) is 1. The number of nitrogens with zero attached hydrogens (tertiary/aromatic N) is 1. The van der Waals surface area contributed by atoms with Crippen molar-refractivity contribution >= 4 is 12.2 Å². The van der Waals surface area contributed by atoms with Gasteiger partial charge in [0.15, 0.2) is 0 Å².